The largest absolute Gasteiger partial charge is 0.482 e. The summed E-state index contributed by atoms with van der Waals surface area (Å²) >= 11 is 11.9. The Labute approximate surface area is 156 Å². The number of rotatable bonds is 4. The van der Waals surface area contributed by atoms with Crippen LogP contribution in [0.25, 0.3) is 0 Å². The van der Waals surface area contributed by atoms with Crippen LogP contribution in [0.2, 0.25) is 10.0 Å². The second kappa shape index (κ2) is 8.25. The Balaban J connectivity index is 1.46. The van der Waals surface area contributed by atoms with Gasteiger partial charge in [0.05, 0.1) is 5.02 Å². The molecule has 2 amide bonds. The van der Waals surface area contributed by atoms with E-state index in [0.29, 0.717) is 48.6 Å². The highest BCUT2D eigenvalue weighted by atomic mass is 35.5. The highest BCUT2D eigenvalue weighted by molar-refractivity contribution is 6.34. The Bertz CT molecular complexity index is 642. The highest BCUT2D eigenvalue weighted by Crippen LogP contribution is 2.27. The van der Waals surface area contributed by atoms with E-state index in [1.165, 1.54) is 0 Å². The number of carbonyl (C=O) groups excluding carboxylic acids is 2. The molecule has 0 spiro atoms. The number of ether oxygens (including phenoxy) is 2. The molecule has 1 aromatic rings. The van der Waals surface area contributed by atoms with Gasteiger partial charge in [-0.2, -0.15) is 0 Å². The number of benzene rings is 1. The van der Waals surface area contributed by atoms with Gasteiger partial charge in [-0.15, -0.1) is 0 Å². The number of amides is 2. The second-order valence-corrected chi connectivity index (χ2v) is 6.91. The number of carbonyl (C=O) groups is 2. The van der Waals surface area contributed by atoms with Crippen LogP contribution in [-0.2, 0) is 14.3 Å². The highest BCUT2D eigenvalue weighted by Gasteiger charge is 2.31. The Morgan fingerprint density at radius 1 is 1.16 bits per heavy atom. The molecule has 0 radical (unpaired) electrons. The van der Waals surface area contributed by atoms with Crippen molar-refractivity contribution < 1.29 is 19.1 Å². The first kappa shape index (κ1) is 18.3. The van der Waals surface area contributed by atoms with Gasteiger partial charge in [0, 0.05) is 43.9 Å². The van der Waals surface area contributed by atoms with Gasteiger partial charge >= 0.3 is 0 Å². The van der Waals surface area contributed by atoms with Crippen molar-refractivity contribution in [2.45, 2.75) is 18.9 Å². The third-order valence-corrected chi connectivity index (χ3v) is 4.94. The van der Waals surface area contributed by atoms with E-state index in [1.54, 1.807) is 28.0 Å². The van der Waals surface area contributed by atoms with E-state index < -0.39 is 0 Å². The van der Waals surface area contributed by atoms with E-state index in [1.807, 2.05) is 0 Å². The molecule has 0 saturated carbocycles. The van der Waals surface area contributed by atoms with Crippen molar-refractivity contribution in [3.63, 3.8) is 0 Å². The molecule has 3 rings (SSSR count). The van der Waals surface area contributed by atoms with E-state index in [4.69, 9.17) is 32.7 Å². The van der Waals surface area contributed by atoms with Gasteiger partial charge in [0.2, 0.25) is 0 Å². The van der Waals surface area contributed by atoms with E-state index >= 15 is 0 Å². The van der Waals surface area contributed by atoms with Crippen LogP contribution in [0.5, 0.6) is 5.75 Å². The van der Waals surface area contributed by atoms with Crippen LogP contribution < -0.4 is 4.74 Å². The zero-order valence-corrected chi connectivity index (χ0v) is 15.3. The summed E-state index contributed by atoms with van der Waals surface area (Å²) in [6.45, 7) is 2.55. The second-order valence-electron chi connectivity index (χ2n) is 6.07. The number of nitrogens with zero attached hydrogens (tertiary/aromatic N) is 2. The predicted molar refractivity (Wildman–Crippen MR) is 94.1 cm³/mol. The standard InChI is InChI=1S/C17H20Cl2N2O4/c18-12-3-4-13(19)15(10-12)25-11-16(22)20-5-7-21(8-6-20)17(23)14-2-1-9-24-14/h3-4,10,14H,1-2,5-9,11H2. The predicted octanol–water partition coefficient (Wildman–Crippen LogP) is 2.22. The molecule has 2 fully saturated rings. The van der Waals surface area contributed by atoms with Gasteiger partial charge < -0.3 is 19.3 Å². The fourth-order valence-electron chi connectivity index (χ4n) is 2.97. The van der Waals surface area contributed by atoms with Gasteiger partial charge in [0.25, 0.3) is 11.8 Å². The summed E-state index contributed by atoms with van der Waals surface area (Å²) in [5.41, 5.74) is 0. The first-order valence-corrected chi connectivity index (χ1v) is 9.06. The summed E-state index contributed by atoms with van der Waals surface area (Å²) in [7, 11) is 0. The lowest BCUT2D eigenvalue weighted by molar-refractivity contribution is -0.146. The molecule has 8 heteroatoms. The molecule has 1 atom stereocenters. The lowest BCUT2D eigenvalue weighted by Crippen LogP contribution is -2.53. The minimum atomic E-state index is -0.310. The molecule has 2 aliphatic rings. The van der Waals surface area contributed by atoms with Crippen LogP contribution in [0, 0.1) is 0 Å². The molecular weight excluding hydrogens is 367 g/mol. The van der Waals surface area contributed by atoms with Crippen molar-refractivity contribution in [3.05, 3.63) is 28.2 Å². The van der Waals surface area contributed by atoms with Crippen molar-refractivity contribution in [1.82, 2.24) is 9.80 Å². The molecule has 6 nitrogen and oxygen atoms in total. The average Bonchev–Trinajstić information content (AvgIpc) is 3.16. The Morgan fingerprint density at radius 2 is 1.88 bits per heavy atom. The molecule has 25 heavy (non-hydrogen) atoms. The fraction of sp³-hybridized carbons (Fsp3) is 0.529. The molecular formula is C17H20Cl2N2O4. The van der Waals surface area contributed by atoms with E-state index in [-0.39, 0.29) is 24.5 Å². The van der Waals surface area contributed by atoms with Crippen LogP contribution in [0.15, 0.2) is 18.2 Å². The molecule has 1 unspecified atom stereocenters. The van der Waals surface area contributed by atoms with E-state index in [2.05, 4.69) is 0 Å². The molecule has 136 valence electrons. The number of hydrogen-bond acceptors (Lipinski definition) is 4. The Morgan fingerprint density at radius 3 is 2.56 bits per heavy atom. The SMILES string of the molecule is O=C(COc1cc(Cl)ccc1Cl)N1CCN(C(=O)C2CCCO2)CC1. The lowest BCUT2D eigenvalue weighted by Gasteiger charge is -2.35. The summed E-state index contributed by atoms with van der Waals surface area (Å²) in [6, 6.07) is 4.86. The molecule has 1 aromatic carbocycles. The normalized spacial score (nSPS) is 20.6. The maximum absolute atomic E-state index is 12.3. The van der Waals surface area contributed by atoms with Gasteiger partial charge in [0.15, 0.2) is 6.61 Å². The number of piperazine rings is 1. The zero-order chi connectivity index (χ0) is 17.8. The van der Waals surface area contributed by atoms with E-state index in [0.717, 1.165) is 12.8 Å². The summed E-state index contributed by atoms with van der Waals surface area (Å²) in [5, 5.41) is 0.900. The first-order valence-electron chi connectivity index (χ1n) is 8.30. The maximum Gasteiger partial charge on any atom is 0.260 e. The fourth-order valence-corrected chi connectivity index (χ4v) is 3.31. The van der Waals surface area contributed by atoms with Gasteiger partial charge in [-0.05, 0) is 25.0 Å². The Kier molecular flexibility index (Phi) is 6.04. The van der Waals surface area contributed by atoms with Crippen molar-refractivity contribution >= 4 is 35.0 Å². The van der Waals surface area contributed by atoms with Crippen molar-refractivity contribution in [2.75, 3.05) is 39.4 Å². The van der Waals surface area contributed by atoms with Crippen LogP contribution in [0.4, 0.5) is 0 Å². The van der Waals surface area contributed by atoms with Crippen LogP contribution in [-0.4, -0.2) is 67.1 Å². The van der Waals surface area contributed by atoms with Crippen molar-refractivity contribution in [3.8, 4) is 5.75 Å². The van der Waals surface area contributed by atoms with Crippen LogP contribution in [0.3, 0.4) is 0 Å². The van der Waals surface area contributed by atoms with Gasteiger partial charge in [-0.3, -0.25) is 9.59 Å². The third-order valence-electron chi connectivity index (χ3n) is 4.39. The van der Waals surface area contributed by atoms with E-state index in [9.17, 15) is 9.59 Å². The van der Waals surface area contributed by atoms with Crippen LogP contribution in [0.1, 0.15) is 12.8 Å². The first-order chi connectivity index (χ1) is 12.0. The zero-order valence-electron chi connectivity index (χ0n) is 13.7. The number of hydrogen-bond donors (Lipinski definition) is 0. The van der Waals surface area contributed by atoms with Crippen molar-refractivity contribution in [1.29, 1.82) is 0 Å². The minimum absolute atomic E-state index is 0.0339. The quantitative estimate of drug-likeness (QED) is 0.795. The summed E-state index contributed by atoms with van der Waals surface area (Å²) in [4.78, 5) is 28.1. The maximum atomic E-state index is 12.3. The average molecular weight is 387 g/mol. The van der Waals surface area contributed by atoms with Gasteiger partial charge in [-0.1, -0.05) is 23.2 Å². The molecule has 0 aromatic heterocycles. The Hall–Kier alpha value is -1.50. The topological polar surface area (TPSA) is 59.1 Å². The molecule has 2 aliphatic heterocycles. The summed E-state index contributed by atoms with van der Waals surface area (Å²) in [5.74, 6) is 0.279. The molecule has 0 N–H and O–H groups in total. The summed E-state index contributed by atoms with van der Waals surface area (Å²) in [6.07, 6.45) is 1.40. The summed E-state index contributed by atoms with van der Waals surface area (Å²) < 4.78 is 10.9. The van der Waals surface area contributed by atoms with Crippen molar-refractivity contribution in [2.24, 2.45) is 0 Å². The molecule has 2 heterocycles. The molecule has 2 saturated heterocycles. The number of halogens is 2. The monoisotopic (exact) mass is 386 g/mol. The lowest BCUT2D eigenvalue weighted by atomic mass is 10.2. The minimum Gasteiger partial charge on any atom is -0.482 e. The van der Waals surface area contributed by atoms with Crippen LogP contribution >= 0.6 is 23.2 Å². The molecule has 0 bridgehead atoms. The smallest absolute Gasteiger partial charge is 0.260 e. The van der Waals surface area contributed by atoms with Gasteiger partial charge in [0.1, 0.15) is 11.9 Å². The molecule has 0 aliphatic carbocycles. The van der Waals surface area contributed by atoms with Gasteiger partial charge in [-0.25, -0.2) is 0 Å². The third kappa shape index (κ3) is 4.57.